The number of piperazine rings is 1. The number of benzene rings is 2. The summed E-state index contributed by atoms with van der Waals surface area (Å²) in [6.45, 7) is 7.00. The van der Waals surface area contributed by atoms with Gasteiger partial charge in [0.15, 0.2) is 0 Å². The topological polar surface area (TPSA) is 60.9 Å². The Kier molecular flexibility index (Phi) is 7.28. The fourth-order valence-electron chi connectivity index (χ4n) is 4.71. The molecule has 0 atom stereocenters. The van der Waals surface area contributed by atoms with Crippen LogP contribution < -0.4 is 0 Å². The predicted molar refractivity (Wildman–Crippen MR) is 126 cm³/mol. The molecular weight excluding hydrogens is 422 g/mol. The van der Waals surface area contributed by atoms with Gasteiger partial charge in [0, 0.05) is 51.7 Å². The van der Waals surface area contributed by atoms with E-state index in [1.165, 1.54) is 5.56 Å². The van der Waals surface area contributed by atoms with E-state index in [2.05, 4.69) is 29.2 Å². The molecule has 0 bridgehead atoms. The van der Waals surface area contributed by atoms with Crippen molar-refractivity contribution >= 4 is 15.9 Å². The van der Waals surface area contributed by atoms with Crippen molar-refractivity contribution in [3.05, 3.63) is 71.3 Å². The van der Waals surface area contributed by atoms with Gasteiger partial charge in [-0.05, 0) is 30.9 Å². The second-order valence-electron chi connectivity index (χ2n) is 9.01. The number of hydrogen-bond donors (Lipinski definition) is 0. The number of sulfonamides is 1. The molecule has 172 valence electrons. The minimum Gasteiger partial charge on any atom is -0.340 e. The lowest BCUT2D eigenvalue weighted by Gasteiger charge is -2.38. The zero-order valence-electron chi connectivity index (χ0n) is 18.8. The lowest BCUT2D eigenvalue weighted by molar-refractivity contribution is -0.138. The molecule has 2 saturated heterocycles. The van der Waals surface area contributed by atoms with E-state index in [1.807, 2.05) is 42.2 Å². The van der Waals surface area contributed by atoms with Crippen LogP contribution in [0.25, 0.3) is 0 Å². The van der Waals surface area contributed by atoms with Crippen LogP contribution in [0.1, 0.15) is 29.5 Å². The van der Waals surface area contributed by atoms with Gasteiger partial charge in [0.1, 0.15) is 0 Å². The molecule has 2 heterocycles. The highest BCUT2D eigenvalue weighted by molar-refractivity contribution is 7.88. The van der Waals surface area contributed by atoms with Crippen molar-refractivity contribution in [3.63, 3.8) is 0 Å². The SMILES string of the molecule is Cc1cccc(CS(=O)(=O)N2CCC(C(=O)N3CCN(Cc4ccccc4)CC3)CC2)c1. The number of rotatable bonds is 6. The van der Waals surface area contributed by atoms with Crippen LogP contribution in [0.5, 0.6) is 0 Å². The Labute approximate surface area is 191 Å². The first-order chi connectivity index (χ1) is 15.4. The molecule has 0 N–H and O–H groups in total. The largest absolute Gasteiger partial charge is 0.340 e. The highest BCUT2D eigenvalue weighted by Crippen LogP contribution is 2.24. The Morgan fingerprint density at radius 3 is 2.19 bits per heavy atom. The third-order valence-electron chi connectivity index (χ3n) is 6.56. The first-order valence-electron chi connectivity index (χ1n) is 11.5. The van der Waals surface area contributed by atoms with E-state index in [9.17, 15) is 13.2 Å². The predicted octanol–water partition coefficient (Wildman–Crippen LogP) is 2.88. The first-order valence-corrected chi connectivity index (χ1v) is 13.1. The Hall–Kier alpha value is -2.22. The van der Waals surface area contributed by atoms with Gasteiger partial charge >= 0.3 is 0 Å². The fourth-order valence-corrected chi connectivity index (χ4v) is 6.26. The number of nitrogens with zero attached hydrogens (tertiary/aromatic N) is 3. The lowest BCUT2D eigenvalue weighted by atomic mass is 9.96. The summed E-state index contributed by atoms with van der Waals surface area (Å²) in [6.07, 6.45) is 1.21. The van der Waals surface area contributed by atoms with E-state index in [4.69, 9.17) is 0 Å². The van der Waals surface area contributed by atoms with Crippen LogP contribution >= 0.6 is 0 Å². The first kappa shape index (κ1) is 23.0. The molecular formula is C25H33N3O3S. The fraction of sp³-hybridized carbons (Fsp3) is 0.480. The molecule has 4 rings (SSSR count). The zero-order valence-corrected chi connectivity index (χ0v) is 19.6. The Morgan fingerprint density at radius 1 is 0.875 bits per heavy atom. The maximum absolute atomic E-state index is 13.0. The summed E-state index contributed by atoms with van der Waals surface area (Å²) in [5.74, 6) is 0.151. The maximum Gasteiger partial charge on any atom is 0.225 e. The third-order valence-corrected chi connectivity index (χ3v) is 8.41. The number of aryl methyl sites for hydroxylation is 1. The summed E-state index contributed by atoms with van der Waals surface area (Å²) >= 11 is 0. The molecule has 2 aliphatic rings. The number of carbonyl (C=O) groups excluding carboxylic acids is 1. The van der Waals surface area contributed by atoms with E-state index in [0.29, 0.717) is 25.9 Å². The molecule has 32 heavy (non-hydrogen) atoms. The van der Waals surface area contributed by atoms with Crippen LogP contribution in [0.3, 0.4) is 0 Å². The Morgan fingerprint density at radius 2 is 1.53 bits per heavy atom. The van der Waals surface area contributed by atoms with Crippen LogP contribution in [-0.4, -0.2) is 67.7 Å². The van der Waals surface area contributed by atoms with Crippen LogP contribution in [0.2, 0.25) is 0 Å². The van der Waals surface area contributed by atoms with E-state index < -0.39 is 10.0 Å². The second kappa shape index (κ2) is 10.1. The summed E-state index contributed by atoms with van der Waals surface area (Å²) in [5.41, 5.74) is 3.17. The Bertz CT molecular complexity index is 1010. The van der Waals surface area contributed by atoms with Gasteiger partial charge < -0.3 is 4.90 Å². The standard InChI is InChI=1S/C25H33N3O3S/c1-21-6-5-9-23(18-21)20-32(30,31)28-12-10-24(11-13-28)25(29)27-16-14-26(15-17-27)19-22-7-3-2-4-8-22/h2-9,18,24H,10-17,19-20H2,1H3. The molecule has 0 saturated carbocycles. The van der Waals surface area contributed by atoms with Gasteiger partial charge in [-0.1, -0.05) is 60.2 Å². The number of piperidine rings is 1. The normalized spacial score (nSPS) is 19.2. The lowest BCUT2D eigenvalue weighted by Crippen LogP contribution is -2.51. The van der Waals surface area contributed by atoms with Crippen molar-refractivity contribution in [3.8, 4) is 0 Å². The van der Waals surface area contributed by atoms with Gasteiger partial charge in [0.2, 0.25) is 15.9 Å². The van der Waals surface area contributed by atoms with Crippen molar-refractivity contribution in [1.82, 2.24) is 14.1 Å². The maximum atomic E-state index is 13.0. The van der Waals surface area contributed by atoms with Crippen molar-refractivity contribution in [2.45, 2.75) is 32.1 Å². The highest BCUT2D eigenvalue weighted by Gasteiger charge is 2.34. The molecule has 1 amide bonds. The van der Waals surface area contributed by atoms with Crippen molar-refractivity contribution in [1.29, 1.82) is 0 Å². The van der Waals surface area contributed by atoms with E-state index in [0.717, 1.165) is 43.9 Å². The monoisotopic (exact) mass is 455 g/mol. The number of hydrogen-bond acceptors (Lipinski definition) is 4. The molecule has 0 aromatic heterocycles. The second-order valence-corrected chi connectivity index (χ2v) is 11.0. The molecule has 0 aliphatic carbocycles. The van der Waals surface area contributed by atoms with Crippen molar-refractivity contribution in [2.75, 3.05) is 39.3 Å². The minimum atomic E-state index is -3.36. The van der Waals surface area contributed by atoms with Crippen LogP contribution in [0, 0.1) is 12.8 Å². The molecule has 7 heteroatoms. The summed E-state index contributed by atoms with van der Waals surface area (Å²) in [7, 11) is -3.36. The van der Waals surface area contributed by atoms with Gasteiger partial charge in [-0.15, -0.1) is 0 Å². The number of amides is 1. The van der Waals surface area contributed by atoms with Crippen LogP contribution in [-0.2, 0) is 27.1 Å². The molecule has 0 unspecified atom stereocenters. The highest BCUT2D eigenvalue weighted by atomic mass is 32.2. The van der Waals surface area contributed by atoms with Crippen molar-refractivity contribution < 1.29 is 13.2 Å². The van der Waals surface area contributed by atoms with Crippen LogP contribution in [0.4, 0.5) is 0 Å². The van der Waals surface area contributed by atoms with Crippen molar-refractivity contribution in [2.24, 2.45) is 5.92 Å². The third kappa shape index (κ3) is 5.77. The minimum absolute atomic E-state index is 0.0245. The molecule has 0 spiro atoms. The average Bonchev–Trinajstić information content (AvgIpc) is 2.80. The molecule has 6 nitrogen and oxygen atoms in total. The Balaban J connectivity index is 1.25. The van der Waals surface area contributed by atoms with Gasteiger partial charge in [0.25, 0.3) is 0 Å². The summed E-state index contributed by atoms with van der Waals surface area (Å²) in [6, 6.07) is 18.1. The van der Waals surface area contributed by atoms with Gasteiger partial charge in [-0.25, -0.2) is 12.7 Å². The zero-order chi connectivity index (χ0) is 22.6. The summed E-state index contributed by atoms with van der Waals surface area (Å²) < 4.78 is 27.3. The molecule has 2 aromatic rings. The quantitative estimate of drug-likeness (QED) is 0.672. The van der Waals surface area contributed by atoms with Crippen LogP contribution in [0.15, 0.2) is 54.6 Å². The van der Waals surface area contributed by atoms with Gasteiger partial charge in [-0.2, -0.15) is 0 Å². The molecule has 2 fully saturated rings. The van der Waals surface area contributed by atoms with Gasteiger partial charge in [-0.3, -0.25) is 9.69 Å². The molecule has 2 aromatic carbocycles. The van der Waals surface area contributed by atoms with E-state index >= 15 is 0 Å². The smallest absolute Gasteiger partial charge is 0.225 e. The molecule has 2 aliphatic heterocycles. The van der Waals surface area contributed by atoms with E-state index in [-0.39, 0.29) is 17.6 Å². The summed E-state index contributed by atoms with van der Waals surface area (Å²) in [5, 5.41) is 0. The van der Waals surface area contributed by atoms with Gasteiger partial charge in [0.05, 0.1) is 5.75 Å². The average molecular weight is 456 g/mol. The van der Waals surface area contributed by atoms with E-state index in [1.54, 1.807) is 4.31 Å². The summed E-state index contributed by atoms with van der Waals surface area (Å²) in [4.78, 5) is 17.4. The number of carbonyl (C=O) groups is 1. The molecule has 0 radical (unpaired) electrons.